The maximum absolute atomic E-state index is 11.0. The van der Waals surface area contributed by atoms with Gasteiger partial charge in [-0.1, -0.05) is 13.8 Å². The number of aliphatic hydroxyl groups is 1. The Hall–Kier alpha value is -1.01. The fraction of sp³-hybridized carbons (Fsp3) is 0.960. The van der Waals surface area contributed by atoms with Crippen LogP contribution in [0.5, 0.6) is 0 Å². The second kappa shape index (κ2) is 8.09. The number of rotatable bonds is 5. The summed E-state index contributed by atoms with van der Waals surface area (Å²) in [6.07, 6.45) is 11.3. The number of methoxy groups -OCH3 is 1. The molecule has 4 saturated carbocycles. The summed E-state index contributed by atoms with van der Waals surface area (Å²) >= 11 is 0. The molecular formula is C25H42N4O2. The van der Waals surface area contributed by atoms with Gasteiger partial charge in [-0.05, 0) is 122 Å². The van der Waals surface area contributed by atoms with Crippen molar-refractivity contribution >= 4 is 0 Å². The molecule has 0 amide bonds. The molecule has 0 bridgehead atoms. The highest BCUT2D eigenvalue weighted by atomic mass is 16.5. The summed E-state index contributed by atoms with van der Waals surface area (Å²) < 4.78 is 7.36. The highest BCUT2D eigenvalue weighted by Crippen LogP contribution is 2.65. The maximum Gasteiger partial charge on any atom is 0.148 e. The summed E-state index contributed by atoms with van der Waals surface area (Å²) in [4.78, 5) is 0. The Labute approximate surface area is 187 Å². The minimum Gasteiger partial charge on any atom is -0.387 e. The van der Waals surface area contributed by atoms with Crippen LogP contribution in [-0.2, 0) is 11.3 Å². The van der Waals surface area contributed by atoms with Gasteiger partial charge in [-0.2, -0.15) is 0 Å². The first-order chi connectivity index (χ1) is 14.8. The Morgan fingerprint density at radius 1 is 1.10 bits per heavy atom. The molecule has 174 valence electrons. The molecule has 4 aliphatic carbocycles. The molecule has 0 spiro atoms. The molecular weight excluding hydrogens is 388 g/mol. The Morgan fingerprint density at radius 3 is 2.65 bits per heavy atom. The molecule has 4 fully saturated rings. The van der Waals surface area contributed by atoms with Gasteiger partial charge in [-0.15, -0.1) is 5.10 Å². The van der Waals surface area contributed by atoms with E-state index in [1.807, 2.05) is 11.6 Å². The van der Waals surface area contributed by atoms with Crippen molar-refractivity contribution in [1.82, 2.24) is 20.2 Å². The number of aromatic nitrogens is 4. The van der Waals surface area contributed by atoms with E-state index in [1.54, 1.807) is 7.11 Å². The number of tetrazole rings is 1. The van der Waals surface area contributed by atoms with Crippen LogP contribution < -0.4 is 0 Å². The molecule has 0 aliphatic heterocycles. The number of fused-ring (bicyclic) bond motifs is 5. The lowest BCUT2D eigenvalue weighted by molar-refractivity contribution is -0.126. The van der Waals surface area contributed by atoms with Crippen LogP contribution in [0.1, 0.15) is 77.5 Å². The second-order valence-corrected chi connectivity index (χ2v) is 11.9. The smallest absolute Gasteiger partial charge is 0.148 e. The zero-order chi connectivity index (χ0) is 21.8. The molecule has 0 unspecified atom stereocenters. The maximum atomic E-state index is 11.0. The predicted molar refractivity (Wildman–Crippen MR) is 119 cm³/mol. The van der Waals surface area contributed by atoms with Crippen LogP contribution >= 0.6 is 0 Å². The van der Waals surface area contributed by atoms with E-state index in [2.05, 4.69) is 29.4 Å². The Kier molecular flexibility index (Phi) is 5.69. The van der Waals surface area contributed by atoms with E-state index in [4.69, 9.17) is 4.74 Å². The van der Waals surface area contributed by atoms with Gasteiger partial charge in [0.1, 0.15) is 5.82 Å². The molecule has 31 heavy (non-hydrogen) atoms. The average Bonchev–Trinajstić information content (AvgIpc) is 3.30. The van der Waals surface area contributed by atoms with Gasteiger partial charge in [0.05, 0.1) is 12.2 Å². The monoisotopic (exact) mass is 430 g/mol. The van der Waals surface area contributed by atoms with Gasteiger partial charge in [-0.25, -0.2) is 4.68 Å². The highest BCUT2D eigenvalue weighted by molar-refractivity contribution is 5.07. The predicted octanol–water partition coefficient (Wildman–Crippen LogP) is 4.26. The van der Waals surface area contributed by atoms with Gasteiger partial charge >= 0.3 is 0 Å². The third-order valence-electron chi connectivity index (χ3n) is 10.4. The van der Waals surface area contributed by atoms with E-state index in [1.165, 1.54) is 44.9 Å². The van der Waals surface area contributed by atoms with Crippen molar-refractivity contribution in [1.29, 1.82) is 0 Å². The normalized spacial score (nSPS) is 45.6. The first kappa shape index (κ1) is 21.8. The van der Waals surface area contributed by atoms with Crippen LogP contribution in [0, 0.1) is 53.8 Å². The highest BCUT2D eigenvalue weighted by Gasteiger charge is 2.58. The van der Waals surface area contributed by atoms with Crippen molar-refractivity contribution in [3.8, 4) is 0 Å². The van der Waals surface area contributed by atoms with Gasteiger partial charge in [0, 0.05) is 13.7 Å². The minimum absolute atomic E-state index is 0.473. The van der Waals surface area contributed by atoms with Crippen molar-refractivity contribution in [3.05, 3.63) is 5.82 Å². The van der Waals surface area contributed by atoms with Crippen LogP contribution in [0.3, 0.4) is 0 Å². The third kappa shape index (κ3) is 3.66. The van der Waals surface area contributed by atoms with E-state index in [9.17, 15) is 5.11 Å². The first-order valence-corrected chi connectivity index (χ1v) is 12.8. The lowest BCUT2D eigenvalue weighted by atomic mass is 9.48. The number of hydrogen-bond donors (Lipinski definition) is 1. The van der Waals surface area contributed by atoms with Crippen LogP contribution in [0.15, 0.2) is 0 Å². The van der Waals surface area contributed by atoms with E-state index in [0.29, 0.717) is 23.9 Å². The molecule has 1 N–H and O–H groups in total. The van der Waals surface area contributed by atoms with Gasteiger partial charge in [-0.3, -0.25) is 0 Å². The molecule has 6 heteroatoms. The number of ether oxygens (including phenoxy) is 1. The molecule has 0 aromatic carbocycles. The third-order valence-corrected chi connectivity index (χ3v) is 10.4. The molecule has 5 rings (SSSR count). The molecule has 9 atom stereocenters. The Balaban J connectivity index is 1.29. The summed E-state index contributed by atoms with van der Waals surface area (Å²) in [6.45, 7) is 8.51. The zero-order valence-electron chi connectivity index (χ0n) is 20.0. The summed E-state index contributed by atoms with van der Waals surface area (Å²) in [5.74, 6) is 6.54. The Morgan fingerprint density at radius 2 is 1.90 bits per heavy atom. The zero-order valence-corrected chi connectivity index (χ0v) is 20.0. The molecule has 1 heterocycles. The van der Waals surface area contributed by atoms with Crippen molar-refractivity contribution in [2.24, 2.45) is 46.8 Å². The number of hydrogen-bond acceptors (Lipinski definition) is 5. The fourth-order valence-corrected chi connectivity index (χ4v) is 9.16. The lowest BCUT2D eigenvalue weighted by Gasteiger charge is -2.57. The molecule has 1 aromatic rings. The van der Waals surface area contributed by atoms with E-state index in [0.717, 1.165) is 54.8 Å². The van der Waals surface area contributed by atoms with Gasteiger partial charge in [0.25, 0.3) is 0 Å². The molecule has 0 radical (unpaired) electrons. The topological polar surface area (TPSA) is 73.1 Å². The fourth-order valence-electron chi connectivity index (χ4n) is 9.16. The van der Waals surface area contributed by atoms with Crippen LogP contribution in [-0.4, -0.2) is 44.6 Å². The van der Waals surface area contributed by atoms with Crippen molar-refractivity contribution in [3.63, 3.8) is 0 Å². The van der Waals surface area contributed by atoms with Crippen LogP contribution in [0.25, 0.3) is 0 Å². The first-order valence-electron chi connectivity index (χ1n) is 12.8. The second-order valence-electron chi connectivity index (χ2n) is 11.9. The van der Waals surface area contributed by atoms with Crippen molar-refractivity contribution in [2.45, 2.75) is 90.7 Å². The standard InChI is InChI=1S/C25H42N4O2/c1-16(14-29-17(2)26-27-28-29)22-7-8-23-21-6-5-18-13-25(30,15-31-4)12-10-19(18)20(21)9-11-24(22,23)3/h16,18-23,30H,5-15H2,1-4H3/t16-,18-,19+,20-,21-,22-,23+,24-,25-/m1/s1. The molecule has 6 nitrogen and oxygen atoms in total. The van der Waals surface area contributed by atoms with Gasteiger partial charge in [0.2, 0.25) is 0 Å². The van der Waals surface area contributed by atoms with E-state index < -0.39 is 5.60 Å². The summed E-state index contributed by atoms with van der Waals surface area (Å²) in [7, 11) is 1.72. The lowest BCUT2D eigenvalue weighted by Crippen LogP contribution is -2.52. The largest absolute Gasteiger partial charge is 0.387 e. The molecule has 4 aliphatic rings. The molecule has 0 saturated heterocycles. The minimum atomic E-state index is -0.575. The van der Waals surface area contributed by atoms with Crippen LogP contribution in [0.4, 0.5) is 0 Å². The Bertz CT molecular complexity index is 783. The van der Waals surface area contributed by atoms with Crippen molar-refractivity contribution < 1.29 is 9.84 Å². The average molecular weight is 431 g/mol. The summed E-state index contributed by atoms with van der Waals surface area (Å²) in [6, 6.07) is 0. The van der Waals surface area contributed by atoms with E-state index >= 15 is 0 Å². The SMILES string of the molecule is COC[C@@]1(O)CC[C@H]2[C@H](CC[C@@H]3[C@@H]2CC[C@]2(C)[C@@H]([C@H](C)Cn4nnnc4C)CC[C@@H]32)C1. The van der Waals surface area contributed by atoms with E-state index in [-0.39, 0.29) is 0 Å². The van der Waals surface area contributed by atoms with Crippen molar-refractivity contribution in [2.75, 3.05) is 13.7 Å². The number of nitrogens with zero attached hydrogens (tertiary/aromatic N) is 4. The quantitative estimate of drug-likeness (QED) is 0.755. The summed E-state index contributed by atoms with van der Waals surface area (Å²) in [5.41, 5.74) is -0.102. The number of aryl methyl sites for hydroxylation is 1. The molecule has 1 aromatic heterocycles. The van der Waals surface area contributed by atoms with Crippen LogP contribution in [0.2, 0.25) is 0 Å². The van der Waals surface area contributed by atoms with Gasteiger partial charge in [0.15, 0.2) is 0 Å². The summed E-state index contributed by atoms with van der Waals surface area (Å²) in [5, 5.41) is 23.1. The van der Waals surface area contributed by atoms with Gasteiger partial charge < -0.3 is 9.84 Å².